The van der Waals surface area contributed by atoms with Gasteiger partial charge >= 0.3 is 0 Å². The van der Waals surface area contributed by atoms with E-state index >= 15 is 0 Å². The molecule has 1 N–H and O–H groups in total. The van der Waals surface area contributed by atoms with Gasteiger partial charge in [0, 0.05) is 38.9 Å². The number of nitrogens with zero attached hydrogens (tertiary/aromatic N) is 3. The van der Waals surface area contributed by atoms with Crippen molar-refractivity contribution in [1.82, 2.24) is 15.2 Å². The fourth-order valence-corrected chi connectivity index (χ4v) is 2.65. The first-order valence-corrected chi connectivity index (χ1v) is 7.81. The van der Waals surface area contributed by atoms with Crippen molar-refractivity contribution in [2.45, 2.75) is 27.3 Å². The molecule has 2 heterocycles. The molecule has 0 bridgehead atoms. The summed E-state index contributed by atoms with van der Waals surface area (Å²) in [6.07, 6.45) is 3.92. The van der Waals surface area contributed by atoms with Gasteiger partial charge in [0.25, 0.3) is 0 Å². The third-order valence-electron chi connectivity index (χ3n) is 3.92. The second-order valence-corrected chi connectivity index (χ2v) is 5.95. The highest BCUT2D eigenvalue weighted by molar-refractivity contribution is 5.52. The highest BCUT2D eigenvalue weighted by Gasteiger charge is 2.18. The number of anilines is 1. The largest absolute Gasteiger partial charge is 0.367 e. The average molecular weight is 276 g/mol. The summed E-state index contributed by atoms with van der Waals surface area (Å²) < 4.78 is 0. The Morgan fingerprint density at radius 2 is 2.00 bits per heavy atom. The minimum atomic E-state index is 0.688. The Hall–Kier alpha value is -1.13. The number of aromatic nitrogens is 1. The average Bonchev–Trinajstić information content (AvgIpc) is 2.47. The zero-order valence-electron chi connectivity index (χ0n) is 13.1. The Bertz CT molecular complexity index is 397. The molecular formula is C16H28N4. The van der Waals surface area contributed by atoms with E-state index < -0.39 is 0 Å². The van der Waals surface area contributed by atoms with Gasteiger partial charge in [0.1, 0.15) is 0 Å². The van der Waals surface area contributed by atoms with Crippen molar-refractivity contribution < 1.29 is 0 Å². The summed E-state index contributed by atoms with van der Waals surface area (Å²) in [6.45, 7) is 14.4. The highest BCUT2D eigenvalue weighted by atomic mass is 15.3. The molecule has 4 nitrogen and oxygen atoms in total. The lowest BCUT2D eigenvalue weighted by molar-refractivity contribution is 0.271. The van der Waals surface area contributed by atoms with E-state index in [1.165, 1.54) is 11.3 Å². The van der Waals surface area contributed by atoms with Gasteiger partial charge in [-0.15, -0.1) is 0 Å². The van der Waals surface area contributed by atoms with E-state index in [4.69, 9.17) is 0 Å². The van der Waals surface area contributed by atoms with Crippen molar-refractivity contribution >= 4 is 5.69 Å². The van der Waals surface area contributed by atoms with E-state index in [1.807, 2.05) is 12.4 Å². The Kier molecular flexibility index (Phi) is 5.80. The molecule has 0 aliphatic carbocycles. The number of likely N-dealkylation sites (N-methyl/N-ethyl adjacent to an activating group) is 1. The first-order chi connectivity index (χ1) is 9.70. The number of nitrogens with one attached hydrogen (secondary N) is 1. The Labute approximate surface area is 123 Å². The number of piperazine rings is 1. The van der Waals surface area contributed by atoms with Gasteiger partial charge in [-0.05, 0) is 30.6 Å². The Balaban J connectivity index is 1.97. The Morgan fingerprint density at radius 1 is 1.25 bits per heavy atom. The van der Waals surface area contributed by atoms with Gasteiger partial charge in [-0.25, -0.2) is 0 Å². The van der Waals surface area contributed by atoms with Gasteiger partial charge in [-0.3, -0.25) is 4.98 Å². The van der Waals surface area contributed by atoms with Crippen LogP contribution < -0.4 is 10.2 Å². The van der Waals surface area contributed by atoms with Gasteiger partial charge in [0.15, 0.2) is 0 Å². The minimum absolute atomic E-state index is 0.688. The third-order valence-corrected chi connectivity index (χ3v) is 3.92. The molecule has 2 rings (SSSR count). The third kappa shape index (κ3) is 4.18. The molecule has 1 aromatic rings. The molecule has 0 atom stereocenters. The normalized spacial score (nSPS) is 16.9. The minimum Gasteiger partial charge on any atom is -0.367 e. The van der Waals surface area contributed by atoms with Crippen molar-refractivity contribution in [2.24, 2.45) is 5.92 Å². The van der Waals surface area contributed by atoms with Gasteiger partial charge in [0.2, 0.25) is 0 Å². The molecule has 1 fully saturated rings. The molecule has 1 saturated heterocycles. The summed E-state index contributed by atoms with van der Waals surface area (Å²) in [6, 6.07) is 2.15. The van der Waals surface area contributed by atoms with Crippen LogP contribution >= 0.6 is 0 Å². The number of pyridine rings is 1. The number of hydrogen-bond acceptors (Lipinski definition) is 4. The molecule has 0 aromatic carbocycles. The first-order valence-electron chi connectivity index (χ1n) is 7.81. The maximum Gasteiger partial charge on any atom is 0.0599 e. The van der Waals surface area contributed by atoms with E-state index in [1.54, 1.807) is 0 Å². The van der Waals surface area contributed by atoms with Crippen molar-refractivity contribution in [3.63, 3.8) is 0 Å². The fraction of sp³-hybridized carbons (Fsp3) is 0.688. The van der Waals surface area contributed by atoms with Gasteiger partial charge in [0.05, 0.1) is 11.9 Å². The maximum atomic E-state index is 4.32. The van der Waals surface area contributed by atoms with Crippen LogP contribution in [0.3, 0.4) is 0 Å². The summed E-state index contributed by atoms with van der Waals surface area (Å²) in [5, 5.41) is 3.54. The summed E-state index contributed by atoms with van der Waals surface area (Å²) >= 11 is 0. The molecule has 0 radical (unpaired) electrons. The van der Waals surface area contributed by atoms with Crippen LogP contribution in [0.4, 0.5) is 5.69 Å². The molecule has 0 unspecified atom stereocenters. The SMILES string of the molecule is CCN1CCN(c2cnccc2CNCC(C)C)CC1. The van der Waals surface area contributed by atoms with Crippen LogP contribution in [-0.4, -0.2) is 49.2 Å². The lowest BCUT2D eigenvalue weighted by atomic mass is 10.1. The van der Waals surface area contributed by atoms with Crippen molar-refractivity contribution in [3.05, 3.63) is 24.0 Å². The van der Waals surface area contributed by atoms with Crippen molar-refractivity contribution in [1.29, 1.82) is 0 Å². The fourth-order valence-electron chi connectivity index (χ4n) is 2.65. The number of hydrogen-bond donors (Lipinski definition) is 1. The monoisotopic (exact) mass is 276 g/mol. The predicted octanol–water partition coefficient (Wildman–Crippen LogP) is 1.97. The number of rotatable bonds is 6. The maximum absolute atomic E-state index is 4.32. The molecule has 1 aromatic heterocycles. The van der Waals surface area contributed by atoms with Gasteiger partial charge in [-0.2, -0.15) is 0 Å². The smallest absolute Gasteiger partial charge is 0.0599 e. The second kappa shape index (κ2) is 7.60. The van der Waals surface area contributed by atoms with E-state index in [2.05, 4.69) is 46.9 Å². The van der Waals surface area contributed by atoms with E-state index in [0.29, 0.717) is 5.92 Å². The lowest BCUT2D eigenvalue weighted by Crippen LogP contribution is -2.46. The molecule has 0 saturated carbocycles. The lowest BCUT2D eigenvalue weighted by Gasteiger charge is -2.36. The second-order valence-electron chi connectivity index (χ2n) is 5.95. The van der Waals surface area contributed by atoms with E-state index in [-0.39, 0.29) is 0 Å². The molecule has 0 amide bonds. The molecule has 20 heavy (non-hydrogen) atoms. The zero-order chi connectivity index (χ0) is 14.4. The van der Waals surface area contributed by atoms with Crippen LogP contribution in [0.15, 0.2) is 18.5 Å². The quantitative estimate of drug-likeness (QED) is 0.861. The van der Waals surface area contributed by atoms with Crippen molar-refractivity contribution in [3.8, 4) is 0 Å². The van der Waals surface area contributed by atoms with E-state index in [0.717, 1.165) is 45.8 Å². The summed E-state index contributed by atoms with van der Waals surface area (Å²) in [5.41, 5.74) is 2.67. The van der Waals surface area contributed by atoms with Crippen LogP contribution in [0, 0.1) is 5.92 Å². The highest BCUT2D eigenvalue weighted by Crippen LogP contribution is 2.20. The molecule has 1 aliphatic heterocycles. The van der Waals surface area contributed by atoms with Crippen molar-refractivity contribution in [2.75, 3.05) is 44.2 Å². The van der Waals surface area contributed by atoms with Gasteiger partial charge < -0.3 is 15.1 Å². The predicted molar refractivity (Wildman–Crippen MR) is 85.1 cm³/mol. The Morgan fingerprint density at radius 3 is 2.65 bits per heavy atom. The van der Waals surface area contributed by atoms with Gasteiger partial charge in [-0.1, -0.05) is 20.8 Å². The summed E-state index contributed by atoms with van der Waals surface area (Å²) in [7, 11) is 0. The molecular weight excluding hydrogens is 248 g/mol. The van der Waals surface area contributed by atoms with Crippen LogP contribution in [0.1, 0.15) is 26.3 Å². The molecule has 4 heteroatoms. The van der Waals surface area contributed by atoms with Crippen LogP contribution in [0.5, 0.6) is 0 Å². The van der Waals surface area contributed by atoms with Crippen LogP contribution in [0.25, 0.3) is 0 Å². The summed E-state index contributed by atoms with van der Waals surface area (Å²) in [5.74, 6) is 0.688. The molecule has 0 spiro atoms. The first kappa shape index (κ1) is 15.3. The zero-order valence-corrected chi connectivity index (χ0v) is 13.1. The molecule has 1 aliphatic rings. The van der Waals surface area contributed by atoms with Crippen LogP contribution in [0.2, 0.25) is 0 Å². The van der Waals surface area contributed by atoms with E-state index in [9.17, 15) is 0 Å². The van der Waals surface area contributed by atoms with Crippen LogP contribution in [-0.2, 0) is 6.54 Å². The standard InChI is InChI=1S/C16H28N4/c1-4-19-7-9-20(10-8-19)16-13-17-6-5-15(16)12-18-11-14(2)3/h5-6,13-14,18H,4,7-12H2,1-3H3. The summed E-state index contributed by atoms with van der Waals surface area (Å²) in [4.78, 5) is 9.30. The topological polar surface area (TPSA) is 31.4 Å². The molecule has 112 valence electrons.